The van der Waals surface area contributed by atoms with Crippen LogP contribution >= 0.6 is 0 Å². The van der Waals surface area contributed by atoms with Crippen molar-refractivity contribution in [1.82, 2.24) is 10.2 Å². The summed E-state index contributed by atoms with van der Waals surface area (Å²) < 4.78 is 10.8. The molecular formula is C20H29N3O4. The van der Waals surface area contributed by atoms with Gasteiger partial charge in [-0.3, -0.25) is 9.59 Å². The number of methoxy groups -OCH3 is 1. The largest absolute Gasteiger partial charge is 0.492 e. The number of benzene rings is 1. The molecule has 1 fully saturated rings. The highest BCUT2D eigenvalue weighted by atomic mass is 16.5. The van der Waals surface area contributed by atoms with Crippen molar-refractivity contribution in [2.24, 2.45) is 0 Å². The van der Waals surface area contributed by atoms with E-state index in [0.29, 0.717) is 24.3 Å². The summed E-state index contributed by atoms with van der Waals surface area (Å²) in [6.45, 7) is 5.82. The number of hydrogen-bond donors (Lipinski definition) is 2. The van der Waals surface area contributed by atoms with Crippen LogP contribution in [-0.4, -0.2) is 62.7 Å². The second-order valence-corrected chi connectivity index (χ2v) is 7.18. The first-order chi connectivity index (χ1) is 13.1. The molecule has 2 heterocycles. The molecule has 7 nitrogen and oxygen atoms in total. The molecule has 7 heteroatoms. The van der Waals surface area contributed by atoms with Gasteiger partial charge in [0.05, 0.1) is 12.2 Å². The van der Waals surface area contributed by atoms with Crippen LogP contribution in [0.3, 0.4) is 0 Å². The highest BCUT2D eigenvalue weighted by Crippen LogP contribution is 2.35. The van der Waals surface area contributed by atoms with Crippen molar-refractivity contribution in [2.75, 3.05) is 45.3 Å². The number of amides is 2. The molecule has 0 saturated carbocycles. The number of carbonyl (C=O) groups excluding carboxylic acids is 2. The van der Waals surface area contributed by atoms with Gasteiger partial charge in [-0.25, -0.2) is 0 Å². The number of hydrogen-bond acceptors (Lipinski definition) is 5. The van der Waals surface area contributed by atoms with Gasteiger partial charge < -0.3 is 25.0 Å². The fourth-order valence-corrected chi connectivity index (χ4v) is 3.78. The Kier molecular flexibility index (Phi) is 6.68. The van der Waals surface area contributed by atoms with Gasteiger partial charge in [0.25, 0.3) is 5.91 Å². The second-order valence-electron chi connectivity index (χ2n) is 7.18. The molecule has 0 spiro atoms. The SMILES string of the molecule is COCCCN1CCC(NC(=O)c2ccc(NC(C)=O)c3c2OCC3)CC1. The zero-order valence-corrected chi connectivity index (χ0v) is 16.2. The van der Waals surface area contributed by atoms with Crippen LogP contribution in [-0.2, 0) is 16.0 Å². The van der Waals surface area contributed by atoms with Gasteiger partial charge >= 0.3 is 0 Å². The summed E-state index contributed by atoms with van der Waals surface area (Å²) in [7, 11) is 1.73. The number of anilines is 1. The number of ether oxygens (including phenoxy) is 2. The average molecular weight is 375 g/mol. The summed E-state index contributed by atoms with van der Waals surface area (Å²) >= 11 is 0. The lowest BCUT2D eigenvalue weighted by Crippen LogP contribution is -2.45. The van der Waals surface area contributed by atoms with Crippen molar-refractivity contribution in [3.8, 4) is 5.75 Å². The molecule has 0 radical (unpaired) electrons. The van der Waals surface area contributed by atoms with E-state index in [4.69, 9.17) is 9.47 Å². The standard InChI is InChI=1S/C20H29N3O4/c1-14(24)21-18-5-4-17(19-16(18)8-13-27-19)20(25)22-15-6-10-23(11-7-15)9-3-12-26-2/h4-5,15H,3,6-13H2,1-2H3,(H,21,24)(H,22,25). The molecule has 148 valence electrons. The van der Waals surface area contributed by atoms with Crippen molar-refractivity contribution >= 4 is 17.5 Å². The third-order valence-electron chi connectivity index (χ3n) is 5.16. The lowest BCUT2D eigenvalue weighted by atomic mass is 10.0. The van der Waals surface area contributed by atoms with Gasteiger partial charge in [-0.2, -0.15) is 0 Å². The average Bonchev–Trinajstić information content (AvgIpc) is 3.13. The van der Waals surface area contributed by atoms with Crippen LogP contribution in [0.2, 0.25) is 0 Å². The van der Waals surface area contributed by atoms with Crippen molar-refractivity contribution < 1.29 is 19.1 Å². The minimum Gasteiger partial charge on any atom is -0.492 e. The number of fused-ring (bicyclic) bond motifs is 1. The first kappa shape index (κ1) is 19.6. The fraction of sp³-hybridized carbons (Fsp3) is 0.600. The monoisotopic (exact) mass is 375 g/mol. The van der Waals surface area contributed by atoms with E-state index in [1.54, 1.807) is 19.2 Å². The van der Waals surface area contributed by atoms with Crippen LogP contribution in [0, 0.1) is 0 Å². The minimum atomic E-state index is -0.126. The predicted octanol–water partition coefficient (Wildman–Crippen LogP) is 1.81. The Bertz CT molecular complexity index is 684. The smallest absolute Gasteiger partial charge is 0.255 e. The number of carbonyl (C=O) groups is 2. The first-order valence-electron chi connectivity index (χ1n) is 9.67. The fourth-order valence-electron chi connectivity index (χ4n) is 3.78. The molecule has 3 rings (SSSR count). The van der Waals surface area contributed by atoms with E-state index in [0.717, 1.165) is 56.8 Å². The summed E-state index contributed by atoms with van der Waals surface area (Å²) in [5.74, 6) is 0.384. The maximum Gasteiger partial charge on any atom is 0.255 e. The Hall–Kier alpha value is -2.12. The quantitative estimate of drug-likeness (QED) is 0.711. The maximum absolute atomic E-state index is 12.8. The molecule has 2 aliphatic heterocycles. The molecule has 1 saturated heterocycles. The zero-order valence-electron chi connectivity index (χ0n) is 16.2. The van der Waals surface area contributed by atoms with Crippen LogP contribution in [0.1, 0.15) is 42.1 Å². The Morgan fingerprint density at radius 1 is 1.30 bits per heavy atom. The maximum atomic E-state index is 12.8. The summed E-state index contributed by atoms with van der Waals surface area (Å²) in [5, 5.41) is 5.97. The van der Waals surface area contributed by atoms with E-state index in [-0.39, 0.29) is 17.9 Å². The number of nitrogens with zero attached hydrogens (tertiary/aromatic N) is 1. The van der Waals surface area contributed by atoms with E-state index in [1.807, 2.05) is 0 Å². The summed E-state index contributed by atoms with van der Waals surface area (Å²) in [5.41, 5.74) is 2.20. The van der Waals surface area contributed by atoms with E-state index in [2.05, 4.69) is 15.5 Å². The number of likely N-dealkylation sites (tertiary alicyclic amines) is 1. The van der Waals surface area contributed by atoms with Gasteiger partial charge in [-0.15, -0.1) is 0 Å². The Balaban J connectivity index is 1.58. The van der Waals surface area contributed by atoms with Crippen molar-refractivity contribution in [2.45, 2.75) is 38.6 Å². The van der Waals surface area contributed by atoms with Crippen LogP contribution in [0.25, 0.3) is 0 Å². The third kappa shape index (κ3) is 4.99. The number of piperidine rings is 1. The van der Waals surface area contributed by atoms with E-state index in [1.165, 1.54) is 6.92 Å². The van der Waals surface area contributed by atoms with Crippen LogP contribution < -0.4 is 15.4 Å². The van der Waals surface area contributed by atoms with E-state index in [9.17, 15) is 9.59 Å². The number of rotatable bonds is 7. The van der Waals surface area contributed by atoms with Crippen molar-refractivity contribution in [3.05, 3.63) is 23.3 Å². The minimum absolute atomic E-state index is 0.0969. The third-order valence-corrected chi connectivity index (χ3v) is 5.16. The molecule has 2 amide bonds. The van der Waals surface area contributed by atoms with Crippen LogP contribution in [0.5, 0.6) is 5.75 Å². The Morgan fingerprint density at radius 2 is 2.07 bits per heavy atom. The summed E-state index contributed by atoms with van der Waals surface area (Å²) in [6.07, 6.45) is 3.64. The molecular weight excluding hydrogens is 346 g/mol. The van der Waals surface area contributed by atoms with Gasteiger partial charge in [0.15, 0.2) is 0 Å². The van der Waals surface area contributed by atoms with E-state index >= 15 is 0 Å². The molecule has 1 aromatic rings. The van der Waals surface area contributed by atoms with E-state index < -0.39 is 0 Å². The molecule has 0 unspecified atom stereocenters. The molecule has 0 bridgehead atoms. The molecule has 2 N–H and O–H groups in total. The molecule has 0 aliphatic carbocycles. The Morgan fingerprint density at radius 3 is 2.78 bits per heavy atom. The van der Waals surface area contributed by atoms with Gasteiger partial charge in [-0.05, 0) is 31.4 Å². The predicted molar refractivity (Wildman–Crippen MR) is 103 cm³/mol. The normalized spacial score (nSPS) is 17.3. The van der Waals surface area contributed by atoms with Gasteiger partial charge in [0.1, 0.15) is 5.75 Å². The van der Waals surface area contributed by atoms with Crippen molar-refractivity contribution in [3.63, 3.8) is 0 Å². The lowest BCUT2D eigenvalue weighted by molar-refractivity contribution is -0.114. The highest BCUT2D eigenvalue weighted by molar-refractivity contribution is 5.99. The molecule has 0 atom stereocenters. The topological polar surface area (TPSA) is 79.9 Å². The van der Waals surface area contributed by atoms with Crippen LogP contribution in [0.15, 0.2) is 12.1 Å². The second kappa shape index (κ2) is 9.19. The van der Waals surface area contributed by atoms with Gasteiger partial charge in [0.2, 0.25) is 5.91 Å². The molecule has 1 aromatic carbocycles. The summed E-state index contributed by atoms with van der Waals surface area (Å²) in [6, 6.07) is 3.72. The highest BCUT2D eigenvalue weighted by Gasteiger charge is 2.26. The Labute approximate surface area is 160 Å². The first-order valence-corrected chi connectivity index (χ1v) is 9.67. The summed E-state index contributed by atoms with van der Waals surface area (Å²) in [4.78, 5) is 26.6. The van der Waals surface area contributed by atoms with Crippen LogP contribution in [0.4, 0.5) is 5.69 Å². The van der Waals surface area contributed by atoms with Gasteiger partial charge in [0, 0.05) is 64.0 Å². The molecule has 27 heavy (non-hydrogen) atoms. The lowest BCUT2D eigenvalue weighted by Gasteiger charge is -2.32. The number of nitrogens with one attached hydrogen (secondary N) is 2. The zero-order chi connectivity index (χ0) is 19.2. The van der Waals surface area contributed by atoms with Gasteiger partial charge in [-0.1, -0.05) is 0 Å². The molecule has 2 aliphatic rings. The molecule has 0 aromatic heterocycles. The van der Waals surface area contributed by atoms with Crippen molar-refractivity contribution in [1.29, 1.82) is 0 Å².